The number of rotatable bonds is 4. The summed E-state index contributed by atoms with van der Waals surface area (Å²) in [7, 11) is 0. The normalized spacial score (nSPS) is 20.7. The Kier molecular flexibility index (Phi) is 6.90. The van der Waals surface area contributed by atoms with Gasteiger partial charge in [0.2, 0.25) is 11.9 Å². The van der Waals surface area contributed by atoms with Gasteiger partial charge in [0.05, 0.1) is 35.0 Å². The molecule has 2 fully saturated rings. The number of morpholine rings is 1. The van der Waals surface area contributed by atoms with E-state index in [1.54, 1.807) is 9.80 Å². The van der Waals surface area contributed by atoms with Gasteiger partial charge < -0.3 is 19.4 Å². The number of H-pyrrole nitrogens is 1. The first-order valence-electron chi connectivity index (χ1n) is 12.1. The molecule has 0 spiro atoms. The van der Waals surface area contributed by atoms with Crippen molar-refractivity contribution in [2.75, 3.05) is 49.1 Å². The number of piperazine rings is 1. The summed E-state index contributed by atoms with van der Waals surface area (Å²) in [6, 6.07) is 4.26. The van der Waals surface area contributed by atoms with Crippen molar-refractivity contribution >= 4 is 28.4 Å². The van der Waals surface area contributed by atoms with Crippen LogP contribution in [0.3, 0.4) is 0 Å². The second-order valence-electron chi connectivity index (χ2n) is 9.35. The van der Waals surface area contributed by atoms with E-state index in [9.17, 15) is 27.2 Å². The van der Waals surface area contributed by atoms with E-state index in [0.717, 1.165) is 12.4 Å². The summed E-state index contributed by atoms with van der Waals surface area (Å²) in [4.78, 5) is 38.1. The number of amides is 1. The molecule has 0 bridgehead atoms. The Bertz CT molecular complexity index is 1370. The minimum Gasteiger partial charge on any atom is -0.371 e. The maximum Gasteiger partial charge on any atom is 0.419 e. The third kappa shape index (κ3) is 5.26. The molecule has 3 aromatic rings. The Morgan fingerprint density at radius 2 is 1.82 bits per heavy atom. The molecule has 10 nitrogen and oxygen atoms in total. The maximum atomic E-state index is 14.7. The minimum atomic E-state index is -4.51. The smallest absolute Gasteiger partial charge is 0.371 e. The molecule has 1 N–H and O–H groups in total. The van der Waals surface area contributed by atoms with Crippen LogP contribution in [0, 0.1) is 5.82 Å². The van der Waals surface area contributed by atoms with Crippen LogP contribution in [0.1, 0.15) is 18.9 Å². The highest BCUT2D eigenvalue weighted by atomic mass is 19.4. The number of carbonyl (C=O) groups excluding carboxylic acids is 1. The summed E-state index contributed by atoms with van der Waals surface area (Å²) in [5.74, 6) is -0.228. The molecule has 4 heterocycles. The summed E-state index contributed by atoms with van der Waals surface area (Å²) >= 11 is 0. The van der Waals surface area contributed by atoms with E-state index < -0.39 is 29.2 Å². The van der Waals surface area contributed by atoms with Crippen molar-refractivity contribution in [2.45, 2.75) is 31.7 Å². The van der Waals surface area contributed by atoms with E-state index >= 15 is 0 Å². The zero-order valence-electron chi connectivity index (χ0n) is 20.4. The van der Waals surface area contributed by atoms with Crippen molar-refractivity contribution in [3.05, 3.63) is 52.3 Å². The molecule has 0 saturated carbocycles. The van der Waals surface area contributed by atoms with Crippen LogP contribution in [0.4, 0.5) is 29.3 Å². The van der Waals surface area contributed by atoms with Crippen LogP contribution >= 0.6 is 0 Å². The van der Waals surface area contributed by atoms with Crippen LogP contribution in [0.2, 0.25) is 0 Å². The predicted molar refractivity (Wildman–Crippen MR) is 129 cm³/mol. The van der Waals surface area contributed by atoms with Crippen molar-refractivity contribution in [1.82, 2.24) is 25.1 Å². The number of alkyl halides is 3. The number of fused-ring (bicyclic) bond motifs is 1. The molecule has 2 aliphatic heterocycles. The summed E-state index contributed by atoms with van der Waals surface area (Å²) < 4.78 is 58.9. The molecule has 0 radical (unpaired) electrons. The first kappa shape index (κ1) is 25.8. The zero-order chi connectivity index (χ0) is 27.0. The SMILES string of the molecule is C[C@H]1CN(c2n[nH]c(=O)c3cccc(F)c23)C[C@@H](CC(=O)N2CCN(c3ncc(C(F)(F)F)cn3)CC2)O1. The number of halogens is 4. The van der Waals surface area contributed by atoms with Gasteiger partial charge in [-0.05, 0) is 19.1 Å². The fourth-order valence-corrected chi connectivity index (χ4v) is 4.83. The van der Waals surface area contributed by atoms with Gasteiger partial charge in [0.1, 0.15) is 5.82 Å². The van der Waals surface area contributed by atoms with Crippen LogP contribution in [0.25, 0.3) is 10.8 Å². The van der Waals surface area contributed by atoms with Crippen LogP contribution in [-0.2, 0) is 15.7 Å². The van der Waals surface area contributed by atoms with Gasteiger partial charge in [-0.2, -0.15) is 18.3 Å². The number of aromatic nitrogens is 4. The lowest BCUT2D eigenvalue weighted by Crippen LogP contribution is -2.52. The van der Waals surface area contributed by atoms with Crippen molar-refractivity contribution in [1.29, 1.82) is 0 Å². The third-order valence-corrected chi connectivity index (χ3v) is 6.65. The van der Waals surface area contributed by atoms with E-state index in [0.29, 0.717) is 32.7 Å². The van der Waals surface area contributed by atoms with Gasteiger partial charge in [0.15, 0.2) is 5.82 Å². The van der Waals surface area contributed by atoms with Crippen LogP contribution in [0.15, 0.2) is 35.4 Å². The van der Waals surface area contributed by atoms with Gasteiger partial charge in [0, 0.05) is 51.7 Å². The summed E-state index contributed by atoms with van der Waals surface area (Å²) in [6.07, 6.45) is -3.68. The first-order chi connectivity index (χ1) is 18.1. The molecular formula is C24H25F4N7O3. The molecule has 14 heteroatoms. The predicted octanol–water partition coefficient (Wildman–Crippen LogP) is 2.20. The van der Waals surface area contributed by atoms with Gasteiger partial charge in [0.25, 0.3) is 5.56 Å². The maximum absolute atomic E-state index is 14.7. The molecule has 0 unspecified atom stereocenters. The summed E-state index contributed by atoms with van der Waals surface area (Å²) in [5, 5.41) is 6.83. The molecule has 5 rings (SSSR count). The monoisotopic (exact) mass is 535 g/mol. The van der Waals surface area contributed by atoms with Crippen molar-refractivity contribution in [3.8, 4) is 0 Å². The van der Waals surface area contributed by atoms with Crippen molar-refractivity contribution in [2.24, 2.45) is 0 Å². The molecule has 2 atom stereocenters. The number of ether oxygens (including phenoxy) is 1. The van der Waals surface area contributed by atoms with Gasteiger partial charge >= 0.3 is 6.18 Å². The Labute approximate surface area is 214 Å². The first-order valence-corrected chi connectivity index (χ1v) is 12.1. The van der Waals surface area contributed by atoms with E-state index in [4.69, 9.17) is 4.74 Å². The number of aromatic amines is 1. The molecular weight excluding hydrogens is 510 g/mol. The Morgan fingerprint density at radius 3 is 2.50 bits per heavy atom. The van der Waals surface area contributed by atoms with E-state index in [1.807, 2.05) is 11.8 Å². The quantitative estimate of drug-likeness (QED) is 0.507. The molecule has 2 saturated heterocycles. The van der Waals surface area contributed by atoms with Crippen molar-refractivity contribution < 1.29 is 27.1 Å². The highest BCUT2D eigenvalue weighted by molar-refractivity contribution is 5.92. The number of nitrogens with zero attached hydrogens (tertiary/aromatic N) is 6. The van der Waals surface area contributed by atoms with E-state index in [-0.39, 0.29) is 47.5 Å². The second kappa shape index (κ2) is 10.2. The lowest BCUT2D eigenvalue weighted by atomic mass is 10.1. The van der Waals surface area contributed by atoms with Gasteiger partial charge in [-0.1, -0.05) is 6.07 Å². The summed E-state index contributed by atoms with van der Waals surface area (Å²) in [6.45, 7) is 3.97. The molecule has 2 aromatic heterocycles. The van der Waals surface area contributed by atoms with Gasteiger partial charge in [-0.3, -0.25) is 9.59 Å². The highest BCUT2D eigenvalue weighted by Gasteiger charge is 2.33. The number of nitrogens with one attached hydrogen (secondary N) is 1. The number of hydrogen-bond donors (Lipinski definition) is 1. The minimum absolute atomic E-state index is 0.0847. The Hall–Kier alpha value is -3.81. The molecule has 1 aromatic carbocycles. The van der Waals surface area contributed by atoms with Crippen LogP contribution in [0.5, 0.6) is 0 Å². The second-order valence-corrected chi connectivity index (χ2v) is 9.35. The van der Waals surface area contributed by atoms with E-state index in [2.05, 4.69) is 20.2 Å². The fraction of sp³-hybridized carbons (Fsp3) is 0.458. The molecule has 202 valence electrons. The lowest BCUT2D eigenvalue weighted by Gasteiger charge is -2.39. The average Bonchev–Trinajstić information content (AvgIpc) is 2.89. The van der Waals surface area contributed by atoms with Gasteiger partial charge in [-0.25, -0.2) is 19.5 Å². The molecule has 38 heavy (non-hydrogen) atoms. The lowest BCUT2D eigenvalue weighted by molar-refractivity contribution is -0.138. The van der Waals surface area contributed by atoms with Crippen LogP contribution < -0.4 is 15.4 Å². The number of benzene rings is 1. The molecule has 1 amide bonds. The number of hydrogen-bond acceptors (Lipinski definition) is 8. The standard InChI is InChI=1S/C24H25F4N7O3/c1-14-12-35(21-20-17(22(37)32-31-21)3-2-4-18(20)25)13-16(38-14)9-19(36)33-5-7-34(8-6-33)23-29-10-15(11-30-23)24(26,27)28/h2-4,10-11,14,16H,5-9,12-13H2,1H3,(H,32,37)/t14-,16+/m0/s1. The number of carbonyl (C=O) groups is 1. The molecule has 2 aliphatic rings. The average molecular weight is 536 g/mol. The highest BCUT2D eigenvalue weighted by Crippen LogP contribution is 2.29. The fourth-order valence-electron chi connectivity index (χ4n) is 4.83. The molecule has 0 aliphatic carbocycles. The number of anilines is 2. The third-order valence-electron chi connectivity index (χ3n) is 6.65. The Morgan fingerprint density at radius 1 is 1.11 bits per heavy atom. The van der Waals surface area contributed by atoms with Gasteiger partial charge in [-0.15, -0.1) is 0 Å². The van der Waals surface area contributed by atoms with Crippen LogP contribution in [-0.4, -0.2) is 82.4 Å². The van der Waals surface area contributed by atoms with E-state index in [1.165, 1.54) is 18.2 Å². The largest absolute Gasteiger partial charge is 0.419 e. The topological polar surface area (TPSA) is 108 Å². The zero-order valence-corrected chi connectivity index (χ0v) is 20.4. The van der Waals surface area contributed by atoms with Crippen molar-refractivity contribution in [3.63, 3.8) is 0 Å². The Balaban J connectivity index is 1.22. The summed E-state index contributed by atoms with van der Waals surface area (Å²) in [5.41, 5.74) is -1.41.